The number of benzene rings is 1. The van der Waals surface area contributed by atoms with Gasteiger partial charge in [-0.25, -0.2) is 9.97 Å². The topological polar surface area (TPSA) is 87.2 Å². The number of esters is 1. The van der Waals surface area contributed by atoms with Gasteiger partial charge >= 0.3 is 5.97 Å². The Kier molecular flexibility index (Phi) is 5.50. The highest BCUT2D eigenvalue weighted by atomic mass is 32.1. The molecule has 0 aliphatic heterocycles. The first kappa shape index (κ1) is 20.0. The van der Waals surface area contributed by atoms with Crippen molar-refractivity contribution in [3.8, 4) is 11.5 Å². The number of aryl methyl sites for hydroxylation is 4. The van der Waals surface area contributed by atoms with Crippen molar-refractivity contribution in [1.82, 2.24) is 14.5 Å². The van der Waals surface area contributed by atoms with Crippen LogP contribution in [0.3, 0.4) is 0 Å². The number of thiophene rings is 1. The number of oxazole rings is 1. The Balaban J connectivity index is 1.39. The van der Waals surface area contributed by atoms with E-state index in [4.69, 9.17) is 9.15 Å². The number of carbonyl (C=O) groups is 1. The van der Waals surface area contributed by atoms with Crippen LogP contribution < -0.4 is 5.56 Å². The summed E-state index contributed by atoms with van der Waals surface area (Å²) in [5.74, 6) is 0.686. The van der Waals surface area contributed by atoms with Crippen LogP contribution >= 0.6 is 11.3 Å². The van der Waals surface area contributed by atoms with Crippen LogP contribution in [0.25, 0.3) is 21.7 Å². The van der Waals surface area contributed by atoms with Gasteiger partial charge in [0.25, 0.3) is 5.56 Å². The molecule has 0 aliphatic carbocycles. The lowest BCUT2D eigenvalue weighted by molar-refractivity contribution is -0.145. The molecule has 7 nitrogen and oxygen atoms in total. The molecule has 0 fully saturated rings. The van der Waals surface area contributed by atoms with Crippen LogP contribution in [0.1, 0.15) is 28.3 Å². The zero-order valence-corrected chi connectivity index (χ0v) is 17.8. The molecule has 1 aromatic carbocycles. The quantitative estimate of drug-likeness (QED) is 0.433. The lowest BCUT2D eigenvalue weighted by Gasteiger charge is -2.06. The van der Waals surface area contributed by atoms with Gasteiger partial charge in [0.1, 0.15) is 22.9 Å². The van der Waals surface area contributed by atoms with Gasteiger partial charge in [0, 0.05) is 17.0 Å². The molecule has 3 aromatic heterocycles. The van der Waals surface area contributed by atoms with Crippen molar-refractivity contribution in [1.29, 1.82) is 0 Å². The molecule has 0 radical (unpaired) electrons. The highest BCUT2D eigenvalue weighted by Gasteiger charge is 2.15. The Hall–Kier alpha value is -3.26. The standard InChI is InChI=1S/C22H21N3O4S/c1-13-15(3)30-21-19(13)22(27)25(12-23-21)10-9-18(26)28-11-17-14(2)29-20(24-17)16-7-5-4-6-8-16/h4-8,12H,9-11H2,1-3H3. The molecule has 0 saturated heterocycles. The zero-order chi connectivity index (χ0) is 21.3. The van der Waals surface area contributed by atoms with Crippen molar-refractivity contribution in [2.24, 2.45) is 0 Å². The van der Waals surface area contributed by atoms with Gasteiger partial charge in [0.15, 0.2) is 0 Å². The number of ether oxygens (including phenoxy) is 1. The Morgan fingerprint density at radius 1 is 1.20 bits per heavy atom. The third-order valence-corrected chi connectivity index (χ3v) is 6.11. The summed E-state index contributed by atoms with van der Waals surface area (Å²) >= 11 is 1.50. The Bertz CT molecular complexity index is 1270. The molecule has 0 atom stereocenters. The molecule has 0 spiro atoms. The summed E-state index contributed by atoms with van der Waals surface area (Å²) in [5, 5.41) is 0.625. The summed E-state index contributed by atoms with van der Waals surface area (Å²) in [4.78, 5) is 35.5. The average Bonchev–Trinajstić information content (AvgIpc) is 3.26. The molecule has 0 N–H and O–H groups in total. The number of aromatic nitrogens is 3. The number of hydrogen-bond donors (Lipinski definition) is 0. The fourth-order valence-corrected chi connectivity index (χ4v) is 4.12. The van der Waals surface area contributed by atoms with E-state index in [0.29, 0.717) is 22.7 Å². The molecule has 0 unspecified atom stereocenters. The molecule has 0 amide bonds. The number of nitrogens with zero attached hydrogens (tertiary/aromatic N) is 3. The maximum absolute atomic E-state index is 12.7. The molecular weight excluding hydrogens is 402 g/mol. The van der Waals surface area contributed by atoms with Gasteiger partial charge in [-0.05, 0) is 38.5 Å². The number of carbonyl (C=O) groups excluding carboxylic acids is 1. The number of hydrogen-bond acceptors (Lipinski definition) is 7. The van der Waals surface area contributed by atoms with E-state index < -0.39 is 5.97 Å². The predicted octanol–water partition coefficient (Wildman–Crippen LogP) is 4.17. The van der Waals surface area contributed by atoms with Gasteiger partial charge in [-0.2, -0.15) is 0 Å². The van der Waals surface area contributed by atoms with E-state index in [0.717, 1.165) is 20.8 Å². The number of fused-ring (bicyclic) bond motifs is 1. The van der Waals surface area contributed by atoms with E-state index >= 15 is 0 Å². The summed E-state index contributed by atoms with van der Waals surface area (Å²) in [7, 11) is 0. The first-order chi connectivity index (χ1) is 14.4. The summed E-state index contributed by atoms with van der Waals surface area (Å²) < 4.78 is 12.5. The predicted molar refractivity (Wildman–Crippen MR) is 114 cm³/mol. The van der Waals surface area contributed by atoms with Crippen molar-refractivity contribution in [3.63, 3.8) is 0 Å². The van der Waals surface area contributed by atoms with Crippen molar-refractivity contribution in [3.05, 3.63) is 68.9 Å². The van der Waals surface area contributed by atoms with Crippen molar-refractivity contribution in [2.75, 3.05) is 0 Å². The molecule has 154 valence electrons. The largest absolute Gasteiger partial charge is 0.459 e. The van der Waals surface area contributed by atoms with Gasteiger partial charge < -0.3 is 9.15 Å². The lowest BCUT2D eigenvalue weighted by Crippen LogP contribution is -2.22. The molecule has 30 heavy (non-hydrogen) atoms. The van der Waals surface area contributed by atoms with Gasteiger partial charge in [-0.1, -0.05) is 18.2 Å². The monoisotopic (exact) mass is 423 g/mol. The van der Waals surface area contributed by atoms with Crippen LogP contribution in [-0.4, -0.2) is 20.5 Å². The van der Waals surface area contributed by atoms with Crippen LogP contribution in [0.15, 0.2) is 45.9 Å². The second-order valence-corrected chi connectivity index (χ2v) is 8.21. The molecule has 3 heterocycles. The van der Waals surface area contributed by atoms with E-state index in [9.17, 15) is 9.59 Å². The minimum Gasteiger partial charge on any atom is -0.459 e. The SMILES string of the molecule is Cc1oc(-c2ccccc2)nc1COC(=O)CCn1cnc2sc(C)c(C)c2c1=O. The molecule has 0 bridgehead atoms. The van der Waals surface area contributed by atoms with E-state index in [1.807, 2.05) is 44.2 Å². The van der Waals surface area contributed by atoms with Gasteiger partial charge in [0.2, 0.25) is 5.89 Å². The van der Waals surface area contributed by atoms with Crippen LogP contribution in [0.2, 0.25) is 0 Å². The van der Waals surface area contributed by atoms with Gasteiger partial charge in [-0.3, -0.25) is 14.2 Å². The summed E-state index contributed by atoms with van der Waals surface area (Å²) in [6, 6.07) is 9.53. The maximum atomic E-state index is 12.7. The number of rotatable bonds is 6. The second-order valence-electron chi connectivity index (χ2n) is 7.01. The summed E-state index contributed by atoms with van der Waals surface area (Å²) in [5.41, 5.74) is 2.25. The summed E-state index contributed by atoms with van der Waals surface area (Å²) in [6.07, 6.45) is 1.55. The van der Waals surface area contributed by atoms with E-state index in [1.165, 1.54) is 22.2 Å². The Labute approximate surface area is 177 Å². The fourth-order valence-electron chi connectivity index (χ4n) is 3.13. The molecular formula is C22H21N3O4S. The second kappa shape index (κ2) is 8.23. The minimum atomic E-state index is -0.413. The van der Waals surface area contributed by atoms with Crippen molar-refractivity contribution in [2.45, 2.75) is 40.3 Å². The van der Waals surface area contributed by atoms with Crippen LogP contribution in [0.4, 0.5) is 0 Å². The zero-order valence-electron chi connectivity index (χ0n) is 17.0. The molecule has 4 rings (SSSR count). The molecule has 0 saturated carbocycles. The highest BCUT2D eigenvalue weighted by Crippen LogP contribution is 2.25. The van der Waals surface area contributed by atoms with E-state index in [2.05, 4.69) is 9.97 Å². The third-order valence-electron chi connectivity index (χ3n) is 5.00. The maximum Gasteiger partial charge on any atom is 0.307 e. The molecule has 0 aliphatic rings. The Morgan fingerprint density at radius 2 is 1.97 bits per heavy atom. The Morgan fingerprint density at radius 3 is 2.73 bits per heavy atom. The van der Waals surface area contributed by atoms with Crippen molar-refractivity contribution < 1.29 is 13.9 Å². The van der Waals surface area contributed by atoms with Gasteiger partial charge in [-0.15, -0.1) is 11.3 Å². The highest BCUT2D eigenvalue weighted by molar-refractivity contribution is 7.18. The normalized spacial score (nSPS) is 11.2. The van der Waals surface area contributed by atoms with Gasteiger partial charge in [0.05, 0.1) is 18.1 Å². The van der Waals surface area contributed by atoms with Crippen LogP contribution in [-0.2, 0) is 22.7 Å². The fraction of sp³-hybridized carbons (Fsp3) is 0.273. The first-order valence-electron chi connectivity index (χ1n) is 9.56. The molecule has 8 heteroatoms. The lowest BCUT2D eigenvalue weighted by atomic mass is 10.2. The van der Waals surface area contributed by atoms with E-state index in [1.54, 1.807) is 6.92 Å². The average molecular weight is 423 g/mol. The van der Waals surface area contributed by atoms with Crippen molar-refractivity contribution >= 4 is 27.5 Å². The summed E-state index contributed by atoms with van der Waals surface area (Å²) in [6.45, 7) is 5.91. The molecule has 4 aromatic rings. The third kappa shape index (κ3) is 3.91. The minimum absolute atomic E-state index is 0.0238. The van der Waals surface area contributed by atoms with E-state index in [-0.39, 0.29) is 25.1 Å². The van der Waals surface area contributed by atoms with Crippen LogP contribution in [0, 0.1) is 20.8 Å². The van der Waals surface area contributed by atoms with Crippen LogP contribution in [0.5, 0.6) is 0 Å². The smallest absolute Gasteiger partial charge is 0.307 e. The first-order valence-corrected chi connectivity index (χ1v) is 10.4.